The summed E-state index contributed by atoms with van der Waals surface area (Å²) in [4.78, 5) is 26.3. The first-order valence-electron chi connectivity index (χ1n) is 10.6. The molecule has 0 spiro atoms. The highest BCUT2D eigenvalue weighted by atomic mass is 16.5. The maximum absolute atomic E-state index is 12.7. The van der Waals surface area contributed by atoms with Crippen LogP contribution < -0.4 is 10.1 Å². The quantitative estimate of drug-likeness (QED) is 0.597. The van der Waals surface area contributed by atoms with Crippen molar-refractivity contribution >= 4 is 11.8 Å². The summed E-state index contributed by atoms with van der Waals surface area (Å²) in [5, 5.41) is 2.99. The molecular formula is C26H26N2O3. The third-order valence-electron chi connectivity index (χ3n) is 5.33. The average Bonchev–Trinajstić information content (AvgIpc) is 3.21. The topological polar surface area (TPSA) is 58.6 Å². The normalized spacial score (nSPS) is 13.3. The second kappa shape index (κ2) is 9.94. The van der Waals surface area contributed by atoms with Crippen molar-refractivity contribution in [3.05, 3.63) is 101 Å². The van der Waals surface area contributed by atoms with E-state index in [-0.39, 0.29) is 11.8 Å². The van der Waals surface area contributed by atoms with Gasteiger partial charge in [-0.15, -0.1) is 0 Å². The molecule has 0 aromatic heterocycles. The molecule has 0 atom stereocenters. The Balaban J connectivity index is 1.32. The van der Waals surface area contributed by atoms with Crippen LogP contribution in [0.4, 0.5) is 0 Å². The highest BCUT2D eigenvalue weighted by Crippen LogP contribution is 2.16. The highest BCUT2D eigenvalue weighted by molar-refractivity contribution is 5.94. The number of likely N-dealkylation sites (tertiary alicyclic amines) is 1. The molecule has 0 unspecified atom stereocenters. The zero-order valence-electron chi connectivity index (χ0n) is 17.4. The van der Waals surface area contributed by atoms with Gasteiger partial charge in [-0.1, -0.05) is 54.6 Å². The minimum atomic E-state index is -0.125. The molecule has 1 heterocycles. The maximum Gasteiger partial charge on any atom is 0.251 e. The molecule has 31 heavy (non-hydrogen) atoms. The minimum absolute atomic E-state index is 0.125. The summed E-state index contributed by atoms with van der Waals surface area (Å²) in [5.74, 6) is 0.892. The van der Waals surface area contributed by atoms with Gasteiger partial charge >= 0.3 is 0 Å². The smallest absolute Gasteiger partial charge is 0.251 e. The molecule has 158 valence electrons. The Labute approximate surface area is 182 Å². The lowest BCUT2D eigenvalue weighted by molar-refractivity contribution is -0.128. The summed E-state index contributed by atoms with van der Waals surface area (Å²) in [6, 6.07) is 25.2. The van der Waals surface area contributed by atoms with Crippen molar-refractivity contribution in [3.8, 4) is 5.75 Å². The first-order chi connectivity index (χ1) is 15.2. The molecule has 3 aromatic carbocycles. The SMILES string of the molecule is O=C(NCc1cccc(COc2ccccc2)c1)c1cccc(CN2CCCC2=O)c1. The van der Waals surface area contributed by atoms with Crippen LogP contribution in [0.2, 0.25) is 0 Å². The molecule has 3 aromatic rings. The Bertz CT molecular complexity index is 1050. The number of nitrogens with zero attached hydrogens (tertiary/aromatic N) is 1. The van der Waals surface area contributed by atoms with Crippen LogP contribution in [0.15, 0.2) is 78.9 Å². The predicted molar refractivity (Wildman–Crippen MR) is 119 cm³/mol. The summed E-state index contributed by atoms with van der Waals surface area (Å²) >= 11 is 0. The number of benzene rings is 3. The lowest BCUT2D eigenvalue weighted by Gasteiger charge is -2.16. The summed E-state index contributed by atoms with van der Waals surface area (Å²) in [6.07, 6.45) is 1.53. The van der Waals surface area contributed by atoms with Gasteiger partial charge in [0.25, 0.3) is 5.91 Å². The van der Waals surface area contributed by atoms with Gasteiger partial charge in [-0.2, -0.15) is 0 Å². The number of amides is 2. The van der Waals surface area contributed by atoms with Gasteiger partial charge in [0.05, 0.1) is 0 Å². The number of para-hydroxylation sites is 1. The van der Waals surface area contributed by atoms with Crippen molar-refractivity contribution in [2.45, 2.75) is 32.5 Å². The lowest BCUT2D eigenvalue weighted by atomic mass is 10.1. The monoisotopic (exact) mass is 414 g/mol. The zero-order valence-corrected chi connectivity index (χ0v) is 17.4. The van der Waals surface area contributed by atoms with Gasteiger partial charge < -0.3 is 15.0 Å². The van der Waals surface area contributed by atoms with E-state index in [0.29, 0.717) is 31.7 Å². The fraction of sp³-hybridized carbons (Fsp3) is 0.231. The van der Waals surface area contributed by atoms with Crippen LogP contribution in [-0.2, 0) is 24.5 Å². The Morgan fingerprint density at radius 2 is 1.68 bits per heavy atom. The average molecular weight is 415 g/mol. The Morgan fingerprint density at radius 3 is 2.48 bits per heavy atom. The molecule has 5 nitrogen and oxygen atoms in total. The highest BCUT2D eigenvalue weighted by Gasteiger charge is 2.20. The van der Waals surface area contributed by atoms with Crippen molar-refractivity contribution in [1.82, 2.24) is 10.2 Å². The van der Waals surface area contributed by atoms with Crippen molar-refractivity contribution < 1.29 is 14.3 Å². The van der Waals surface area contributed by atoms with Crippen molar-refractivity contribution in [3.63, 3.8) is 0 Å². The van der Waals surface area contributed by atoms with E-state index in [4.69, 9.17) is 4.74 Å². The van der Waals surface area contributed by atoms with Crippen LogP contribution in [0, 0.1) is 0 Å². The molecule has 0 saturated carbocycles. The first kappa shape index (κ1) is 20.7. The molecule has 0 bridgehead atoms. The van der Waals surface area contributed by atoms with Gasteiger partial charge in [-0.25, -0.2) is 0 Å². The number of ether oxygens (including phenoxy) is 1. The second-order valence-corrected chi connectivity index (χ2v) is 7.72. The molecule has 1 fully saturated rings. The van der Waals surface area contributed by atoms with E-state index < -0.39 is 0 Å². The third kappa shape index (κ3) is 5.72. The largest absolute Gasteiger partial charge is 0.489 e. The fourth-order valence-corrected chi connectivity index (χ4v) is 3.70. The number of carbonyl (C=O) groups is 2. The van der Waals surface area contributed by atoms with Gasteiger partial charge in [-0.05, 0) is 47.4 Å². The van der Waals surface area contributed by atoms with Crippen molar-refractivity contribution in [2.75, 3.05) is 6.54 Å². The maximum atomic E-state index is 12.7. The molecule has 1 N–H and O–H groups in total. The van der Waals surface area contributed by atoms with Gasteiger partial charge in [0, 0.05) is 31.6 Å². The van der Waals surface area contributed by atoms with Crippen molar-refractivity contribution in [2.24, 2.45) is 0 Å². The van der Waals surface area contributed by atoms with Gasteiger partial charge in [0.1, 0.15) is 12.4 Å². The summed E-state index contributed by atoms with van der Waals surface area (Å²) in [5.41, 5.74) is 3.64. The fourth-order valence-electron chi connectivity index (χ4n) is 3.70. The third-order valence-corrected chi connectivity index (χ3v) is 5.33. The molecule has 2 amide bonds. The predicted octanol–water partition coefficient (Wildman–Crippen LogP) is 4.32. The summed E-state index contributed by atoms with van der Waals surface area (Å²) < 4.78 is 5.80. The number of rotatable bonds is 8. The van der Waals surface area contributed by atoms with E-state index in [0.717, 1.165) is 35.4 Å². The Morgan fingerprint density at radius 1 is 0.903 bits per heavy atom. The summed E-state index contributed by atoms with van der Waals surface area (Å²) in [6.45, 7) is 2.26. The van der Waals surface area contributed by atoms with Crippen LogP contribution in [0.1, 0.15) is 39.9 Å². The molecule has 0 aliphatic carbocycles. The Kier molecular flexibility index (Phi) is 6.62. The van der Waals surface area contributed by atoms with Crippen LogP contribution in [0.5, 0.6) is 5.75 Å². The van der Waals surface area contributed by atoms with Crippen LogP contribution >= 0.6 is 0 Å². The van der Waals surface area contributed by atoms with Crippen molar-refractivity contribution in [1.29, 1.82) is 0 Å². The second-order valence-electron chi connectivity index (χ2n) is 7.72. The first-order valence-corrected chi connectivity index (χ1v) is 10.6. The van der Waals surface area contributed by atoms with E-state index in [1.54, 1.807) is 6.07 Å². The van der Waals surface area contributed by atoms with Gasteiger partial charge in [0.2, 0.25) is 5.91 Å². The van der Waals surface area contributed by atoms with E-state index in [1.165, 1.54) is 0 Å². The van der Waals surface area contributed by atoms with E-state index in [9.17, 15) is 9.59 Å². The molecule has 1 aliphatic rings. The van der Waals surface area contributed by atoms with Crippen LogP contribution in [-0.4, -0.2) is 23.3 Å². The molecule has 4 rings (SSSR count). The Hall–Kier alpha value is -3.60. The van der Waals surface area contributed by atoms with Crippen LogP contribution in [0.3, 0.4) is 0 Å². The number of carbonyl (C=O) groups excluding carboxylic acids is 2. The number of hydrogen-bond acceptors (Lipinski definition) is 3. The molecular weight excluding hydrogens is 388 g/mol. The van der Waals surface area contributed by atoms with Gasteiger partial charge in [-0.3, -0.25) is 9.59 Å². The number of nitrogens with one attached hydrogen (secondary N) is 1. The molecule has 0 radical (unpaired) electrons. The summed E-state index contributed by atoms with van der Waals surface area (Å²) in [7, 11) is 0. The standard InChI is InChI=1S/C26H26N2O3/c29-25-13-6-14-28(25)18-21-8-5-10-23(16-21)26(30)27-17-20-7-4-9-22(15-20)19-31-24-11-2-1-3-12-24/h1-5,7-12,15-16H,6,13-14,17-19H2,(H,27,30). The molecule has 5 heteroatoms. The number of hydrogen-bond donors (Lipinski definition) is 1. The zero-order chi connectivity index (χ0) is 21.5. The van der Waals surface area contributed by atoms with E-state index >= 15 is 0 Å². The molecule has 1 aliphatic heterocycles. The van der Waals surface area contributed by atoms with Gasteiger partial charge in [0.15, 0.2) is 0 Å². The van der Waals surface area contributed by atoms with Crippen LogP contribution in [0.25, 0.3) is 0 Å². The lowest BCUT2D eigenvalue weighted by Crippen LogP contribution is -2.25. The minimum Gasteiger partial charge on any atom is -0.489 e. The van der Waals surface area contributed by atoms with E-state index in [1.807, 2.05) is 77.7 Å². The molecule has 1 saturated heterocycles. The van der Waals surface area contributed by atoms with E-state index in [2.05, 4.69) is 5.32 Å².